The Hall–Kier alpha value is -2.72. The summed E-state index contributed by atoms with van der Waals surface area (Å²) in [6.45, 7) is -0.542. The highest BCUT2D eigenvalue weighted by atomic mass is 16.6. The summed E-state index contributed by atoms with van der Waals surface area (Å²) in [4.78, 5) is 26.5. The van der Waals surface area contributed by atoms with Gasteiger partial charge in [-0.25, -0.2) is 19.9 Å². The van der Waals surface area contributed by atoms with E-state index in [4.69, 9.17) is 15.1 Å². The third kappa shape index (κ3) is 3.29. The van der Waals surface area contributed by atoms with Crippen LogP contribution in [0.3, 0.4) is 0 Å². The average Bonchev–Trinajstić information content (AvgIpc) is 3.08. The maximum absolute atomic E-state index is 11.7. The maximum atomic E-state index is 11.7. The van der Waals surface area contributed by atoms with Gasteiger partial charge in [0.25, 0.3) is 0 Å². The molecule has 5 N–H and O–H groups in total. The molecule has 24 heavy (non-hydrogen) atoms. The van der Waals surface area contributed by atoms with Crippen molar-refractivity contribution in [2.75, 3.05) is 19.0 Å². The first kappa shape index (κ1) is 17.6. The number of anilines is 1. The van der Waals surface area contributed by atoms with Gasteiger partial charge in [0.05, 0.1) is 13.7 Å². The van der Waals surface area contributed by atoms with E-state index in [1.54, 1.807) is 6.07 Å². The Morgan fingerprint density at radius 1 is 1.50 bits per heavy atom. The molecule has 0 radical (unpaired) electrons. The number of nitriles is 1. The number of amides is 3. The molecule has 3 amide bonds. The van der Waals surface area contributed by atoms with Crippen molar-refractivity contribution in [3.8, 4) is 6.07 Å². The number of methoxy groups -OCH3 is 1. The van der Waals surface area contributed by atoms with E-state index in [0.717, 1.165) is 18.0 Å². The first-order valence-electron chi connectivity index (χ1n) is 6.68. The molecule has 1 aromatic rings. The van der Waals surface area contributed by atoms with Crippen LogP contribution < -0.4 is 10.6 Å². The van der Waals surface area contributed by atoms with Crippen LogP contribution in [0.15, 0.2) is 6.33 Å². The molecule has 0 unspecified atom stereocenters. The van der Waals surface area contributed by atoms with Crippen molar-refractivity contribution in [3.05, 3.63) is 12.0 Å². The maximum Gasteiger partial charge on any atom is 0.415 e. The normalized spacial score (nSPS) is 25.8. The summed E-state index contributed by atoms with van der Waals surface area (Å²) in [5, 5.41) is 42.0. The van der Waals surface area contributed by atoms with Gasteiger partial charge in [-0.3, -0.25) is 9.88 Å². The Morgan fingerprint density at radius 2 is 2.21 bits per heavy atom. The highest BCUT2D eigenvalue weighted by Crippen LogP contribution is 2.32. The number of carbonyl (C=O) groups is 2. The number of hydrogen-bond donors (Lipinski definition) is 5. The molecule has 4 atom stereocenters. The van der Waals surface area contributed by atoms with E-state index in [9.17, 15) is 19.8 Å². The number of alkyl carbamates (subject to hydrolysis) is 1. The molecule has 0 aromatic carbocycles. The van der Waals surface area contributed by atoms with Gasteiger partial charge in [0, 0.05) is 0 Å². The summed E-state index contributed by atoms with van der Waals surface area (Å²) in [5.41, 5.74) is -0.215. The molecule has 1 aliphatic heterocycles. The van der Waals surface area contributed by atoms with Gasteiger partial charge in [-0.05, 0) is 0 Å². The molecule has 0 spiro atoms. The number of hydrogen-bond acceptors (Lipinski definition) is 9. The molecule has 2 rings (SSSR count). The van der Waals surface area contributed by atoms with Crippen molar-refractivity contribution in [1.82, 2.24) is 14.9 Å². The molecule has 1 aromatic heterocycles. The van der Waals surface area contributed by atoms with Crippen LogP contribution in [0.4, 0.5) is 15.4 Å². The summed E-state index contributed by atoms with van der Waals surface area (Å²) in [6, 6.07) is 0.716. The molecule has 0 aliphatic carbocycles. The number of urea groups is 1. The third-order valence-corrected chi connectivity index (χ3v) is 3.32. The van der Waals surface area contributed by atoms with Crippen molar-refractivity contribution in [2.24, 2.45) is 0 Å². The Kier molecular flexibility index (Phi) is 5.31. The van der Waals surface area contributed by atoms with Crippen LogP contribution in [-0.4, -0.2) is 69.0 Å². The van der Waals surface area contributed by atoms with Crippen molar-refractivity contribution in [3.63, 3.8) is 0 Å². The lowest BCUT2D eigenvalue weighted by Crippen LogP contribution is -2.36. The van der Waals surface area contributed by atoms with Crippen LogP contribution in [-0.2, 0) is 9.47 Å². The SMILES string of the molecule is COC(=O)NC(=O)Nc1c(C#N)ncn1[C@@H]1O[C@H](CO)[C@@H](O)[C@H]1O. The summed E-state index contributed by atoms with van der Waals surface area (Å²) in [7, 11) is 1.06. The second-order valence-corrected chi connectivity index (χ2v) is 4.76. The van der Waals surface area contributed by atoms with Gasteiger partial charge in [0.2, 0.25) is 0 Å². The summed E-state index contributed by atoms with van der Waals surface area (Å²) in [6.07, 6.45) is -4.98. The predicted molar refractivity (Wildman–Crippen MR) is 74.5 cm³/mol. The number of rotatable bonds is 3. The Bertz CT molecular complexity index is 669. The van der Waals surface area contributed by atoms with Crippen LogP contribution in [0.25, 0.3) is 0 Å². The lowest BCUT2D eigenvalue weighted by molar-refractivity contribution is -0.0518. The van der Waals surface area contributed by atoms with Crippen LogP contribution in [0.1, 0.15) is 11.9 Å². The molecule has 130 valence electrons. The predicted octanol–water partition coefficient (Wildman–Crippen LogP) is -1.75. The van der Waals surface area contributed by atoms with Gasteiger partial charge < -0.3 is 24.8 Å². The zero-order chi connectivity index (χ0) is 17.9. The summed E-state index contributed by atoms with van der Waals surface area (Å²) < 4.78 is 10.7. The Balaban J connectivity index is 2.26. The molecule has 1 fully saturated rings. The number of ether oxygens (including phenoxy) is 2. The van der Waals surface area contributed by atoms with Crippen LogP contribution in [0.5, 0.6) is 0 Å². The lowest BCUT2D eigenvalue weighted by Gasteiger charge is -2.19. The molecule has 1 aliphatic rings. The zero-order valence-corrected chi connectivity index (χ0v) is 12.4. The average molecular weight is 341 g/mol. The first-order valence-corrected chi connectivity index (χ1v) is 6.68. The molecular formula is C12H15N5O7. The van der Waals surface area contributed by atoms with Crippen molar-refractivity contribution in [2.45, 2.75) is 24.5 Å². The molecular weight excluding hydrogens is 326 g/mol. The summed E-state index contributed by atoms with van der Waals surface area (Å²) in [5.74, 6) is -0.172. The van der Waals surface area contributed by atoms with E-state index < -0.39 is 43.3 Å². The third-order valence-electron chi connectivity index (χ3n) is 3.32. The quantitative estimate of drug-likeness (QED) is 0.426. The van der Waals surface area contributed by atoms with Gasteiger partial charge in [0.1, 0.15) is 30.7 Å². The number of carbonyl (C=O) groups excluding carboxylic acids is 2. The topological polar surface area (TPSA) is 179 Å². The fourth-order valence-electron chi connectivity index (χ4n) is 2.15. The monoisotopic (exact) mass is 341 g/mol. The molecule has 12 heteroatoms. The van der Waals surface area contributed by atoms with Crippen LogP contribution in [0.2, 0.25) is 0 Å². The van der Waals surface area contributed by atoms with E-state index >= 15 is 0 Å². The molecule has 2 heterocycles. The highest BCUT2D eigenvalue weighted by Gasteiger charge is 2.44. The van der Waals surface area contributed by atoms with E-state index in [0.29, 0.717) is 0 Å². The van der Waals surface area contributed by atoms with Crippen LogP contribution >= 0.6 is 0 Å². The fraction of sp³-hybridized carbons (Fsp3) is 0.500. The number of imide groups is 1. The molecule has 12 nitrogen and oxygen atoms in total. The Labute approximate surface area is 135 Å². The number of imidazole rings is 1. The van der Waals surface area contributed by atoms with Crippen molar-refractivity contribution >= 4 is 17.9 Å². The number of nitrogens with one attached hydrogen (secondary N) is 2. The molecule has 0 saturated carbocycles. The standard InChI is InChI=1S/C12H15N5O7/c1-23-12(22)16-11(21)15-9-5(2-13)14-4-17(9)10-8(20)7(19)6(3-18)24-10/h4,6-8,10,18-20H,3H2,1H3,(H2,15,16,21,22)/t6-,7-,8-,10-/m1/s1. The minimum atomic E-state index is -1.44. The fourth-order valence-corrected chi connectivity index (χ4v) is 2.15. The zero-order valence-electron chi connectivity index (χ0n) is 12.4. The molecule has 0 bridgehead atoms. The second kappa shape index (κ2) is 7.23. The van der Waals surface area contributed by atoms with Gasteiger partial charge in [-0.2, -0.15) is 5.26 Å². The minimum absolute atomic E-state index is 0.172. The van der Waals surface area contributed by atoms with Gasteiger partial charge >= 0.3 is 12.1 Å². The Morgan fingerprint density at radius 3 is 2.75 bits per heavy atom. The van der Waals surface area contributed by atoms with Gasteiger partial charge in [-0.15, -0.1) is 0 Å². The van der Waals surface area contributed by atoms with Gasteiger partial charge in [0.15, 0.2) is 17.7 Å². The second-order valence-electron chi connectivity index (χ2n) is 4.76. The van der Waals surface area contributed by atoms with Gasteiger partial charge in [-0.1, -0.05) is 0 Å². The van der Waals surface area contributed by atoms with E-state index in [1.807, 2.05) is 5.32 Å². The smallest absolute Gasteiger partial charge is 0.415 e. The molecule has 1 saturated heterocycles. The number of aliphatic hydroxyl groups excluding tert-OH is 3. The largest absolute Gasteiger partial charge is 0.453 e. The summed E-state index contributed by atoms with van der Waals surface area (Å²) >= 11 is 0. The lowest BCUT2D eigenvalue weighted by atomic mass is 10.1. The van der Waals surface area contributed by atoms with Crippen molar-refractivity contribution < 1.29 is 34.4 Å². The van der Waals surface area contributed by atoms with Crippen molar-refractivity contribution in [1.29, 1.82) is 5.26 Å². The first-order chi connectivity index (χ1) is 11.4. The van der Waals surface area contributed by atoms with E-state index in [-0.39, 0.29) is 11.5 Å². The number of aromatic nitrogens is 2. The number of aliphatic hydroxyl groups is 3. The van der Waals surface area contributed by atoms with Crippen LogP contribution in [0, 0.1) is 11.3 Å². The van der Waals surface area contributed by atoms with E-state index in [2.05, 4.69) is 15.0 Å². The number of nitrogens with zero attached hydrogens (tertiary/aromatic N) is 3. The highest BCUT2D eigenvalue weighted by molar-refractivity contribution is 5.98. The van der Waals surface area contributed by atoms with E-state index in [1.165, 1.54) is 0 Å². The minimum Gasteiger partial charge on any atom is -0.453 e.